The van der Waals surface area contributed by atoms with Gasteiger partial charge in [0.25, 0.3) is 0 Å². The predicted molar refractivity (Wildman–Crippen MR) is 88.5 cm³/mol. The molecule has 0 aliphatic carbocycles. The quantitative estimate of drug-likeness (QED) is 0.796. The van der Waals surface area contributed by atoms with E-state index in [-0.39, 0.29) is 18.0 Å². The van der Waals surface area contributed by atoms with Crippen LogP contribution in [0, 0.1) is 0 Å². The van der Waals surface area contributed by atoms with Gasteiger partial charge in [0.15, 0.2) is 0 Å². The predicted octanol–water partition coefficient (Wildman–Crippen LogP) is 1.81. The maximum Gasteiger partial charge on any atom is 0.410 e. The van der Waals surface area contributed by atoms with Gasteiger partial charge in [-0.1, -0.05) is 6.58 Å². The molecular formula is C17H24N4O3. The van der Waals surface area contributed by atoms with E-state index in [0.29, 0.717) is 32.5 Å². The van der Waals surface area contributed by atoms with Crippen LogP contribution in [0.25, 0.3) is 0 Å². The molecule has 0 radical (unpaired) electrons. The molecular weight excluding hydrogens is 308 g/mol. The van der Waals surface area contributed by atoms with E-state index in [2.05, 4.69) is 16.8 Å². The van der Waals surface area contributed by atoms with Crippen molar-refractivity contribution in [2.24, 2.45) is 0 Å². The molecule has 2 aliphatic rings. The Balaban J connectivity index is 1.93. The highest BCUT2D eigenvalue weighted by Crippen LogP contribution is 2.35. The monoisotopic (exact) mass is 332 g/mol. The van der Waals surface area contributed by atoms with Gasteiger partial charge in [-0.2, -0.15) is 5.10 Å². The summed E-state index contributed by atoms with van der Waals surface area (Å²) in [6.07, 6.45) is 2.36. The van der Waals surface area contributed by atoms with Crippen molar-refractivity contribution in [1.29, 1.82) is 0 Å². The lowest BCUT2D eigenvalue weighted by Gasteiger charge is -2.37. The molecule has 0 spiro atoms. The number of amides is 2. The molecule has 0 bridgehead atoms. The lowest BCUT2D eigenvalue weighted by atomic mass is 9.96. The Hall–Kier alpha value is -2.31. The molecule has 2 amide bonds. The minimum Gasteiger partial charge on any atom is -0.444 e. The topological polar surface area (TPSA) is 78.5 Å². The van der Waals surface area contributed by atoms with Crippen LogP contribution in [-0.2, 0) is 22.4 Å². The number of ether oxygens (including phenoxy) is 1. The second-order valence-corrected chi connectivity index (χ2v) is 7.24. The van der Waals surface area contributed by atoms with Crippen molar-refractivity contribution in [3.8, 4) is 0 Å². The first-order valence-electron chi connectivity index (χ1n) is 8.27. The third kappa shape index (κ3) is 3.02. The molecule has 1 atom stereocenters. The van der Waals surface area contributed by atoms with E-state index in [9.17, 15) is 9.59 Å². The minimum absolute atomic E-state index is 0.121. The Bertz CT molecular complexity index is 674. The van der Waals surface area contributed by atoms with Crippen molar-refractivity contribution in [2.45, 2.75) is 45.3 Å². The zero-order chi connectivity index (χ0) is 17.5. The van der Waals surface area contributed by atoms with Gasteiger partial charge >= 0.3 is 6.09 Å². The summed E-state index contributed by atoms with van der Waals surface area (Å²) < 4.78 is 5.56. The average Bonchev–Trinajstić information content (AvgIpc) is 2.81. The molecule has 3 rings (SSSR count). The Kier molecular flexibility index (Phi) is 4.11. The summed E-state index contributed by atoms with van der Waals surface area (Å²) in [5.74, 6) is -0.121. The molecule has 0 saturated heterocycles. The van der Waals surface area contributed by atoms with Crippen molar-refractivity contribution in [3.63, 3.8) is 0 Å². The van der Waals surface area contributed by atoms with Gasteiger partial charge in [-0.25, -0.2) is 4.79 Å². The smallest absolute Gasteiger partial charge is 0.410 e. The maximum absolute atomic E-state index is 12.7. The molecule has 1 aromatic heterocycles. The fourth-order valence-corrected chi connectivity index (χ4v) is 3.35. The number of nitrogens with one attached hydrogen (secondary N) is 1. The summed E-state index contributed by atoms with van der Waals surface area (Å²) in [6.45, 7) is 10.7. The number of hydrogen-bond acceptors (Lipinski definition) is 4. The first kappa shape index (κ1) is 16.5. The molecule has 7 nitrogen and oxygen atoms in total. The average molecular weight is 332 g/mol. The Labute approximate surface area is 141 Å². The molecule has 1 unspecified atom stereocenters. The van der Waals surface area contributed by atoms with Gasteiger partial charge < -0.3 is 9.64 Å². The highest BCUT2D eigenvalue weighted by molar-refractivity contribution is 5.87. The van der Waals surface area contributed by atoms with Crippen LogP contribution in [0.15, 0.2) is 12.7 Å². The number of nitrogens with zero attached hydrogens (tertiary/aromatic N) is 3. The van der Waals surface area contributed by atoms with Crippen LogP contribution >= 0.6 is 0 Å². The van der Waals surface area contributed by atoms with Crippen molar-refractivity contribution in [2.75, 3.05) is 19.6 Å². The molecule has 0 saturated carbocycles. The third-order valence-electron chi connectivity index (χ3n) is 4.40. The van der Waals surface area contributed by atoms with Gasteiger partial charge in [-0.05, 0) is 26.8 Å². The standard InChI is InChI=1S/C17H24N4O3/c1-5-14(22)20-8-6-11-15-12(19-18-11)7-9-21(13(15)10-20)16(23)24-17(2,3)4/h5,13H,1,6-10H2,2-4H3,(H,18,19). The van der Waals surface area contributed by atoms with Gasteiger partial charge in [0.1, 0.15) is 5.60 Å². The van der Waals surface area contributed by atoms with Gasteiger partial charge in [-0.3, -0.25) is 14.8 Å². The zero-order valence-electron chi connectivity index (χ0n) is 14.5. The summed E-state index contributed by atoms with van der Waals surface area (Å²) in [7, 11) is 0. The van der Waals surface area contributed by atoms with Gasteiger partial charge in [0.2, 0.25) is 5.91 Å². The molecule has 1 aromatic rings. The summed E-state index contributed by atoms with van der Waals surface area (Å²) in [5.41, 5.74) is 2.48. The SMILES string of the molecule is C=CC(=O)N1CCc2[nH]nc3c2C(C1)N(C(=O)OC(C)(C)C)CC3. The van der Waals surface area contributed by atoms with Crippen LogP contribution in [0.3, 0.4) is 0 Å². The molecule has 3 heterocycles. The first-order chi connectivity index (χ1) is 11.3. The Morgan fingerprint density at radius 1 is 1.33 bits per heavy atom. The van der Waals surface area contributed by atoms with Crippen molar-refractivity contribution in [1.82, 2.24) is 20.0 Å². The second-order valence-electron chi connectivity index (χ2n) is 7.24. The highest BCUT2D eigenvalue weighted by Gasteiger charge is 2.39. The fraction of sp³-hybridized carbons (Fsp3) is 0.588. The summed E-state index contributed by atoms with van der Waals surface area (Å²) in [6, 6.07) is -0.233. The first-order valence-corrected chi connectivity index (χ1v) is 8.27. The van der Waals surface area contributed by atoms with Crippen molar-refractivity contribution < 1.29 is 14.3 Å². The highest BCUT2D eigenvalue weighted by atomic mass is 16.6. The number of aromatic nitrogens is 2. The van der Waals surface area contributed by atoms with Gasteiger partial charge in [0, 0.05) is 43.7 Å². The normalized spacial score (nSPS) is 20.2. The van der Waals surface area contributed by atoms with E-state index < -0.39 is 5.60 Å². The third-order valence-corrected chi connectivity index (χ3v) is 4.40. The Morgan fingerprint density at radius 3 is 2.75 bits per heavy atom. The number of aromatic amines is 1. The van der Waals surface area contributed by atoms with Crippen LogP contribution in [0.5, 0.6) is 0 Å². The number of carbonyl (C=O) groups is 2. The molecule has 0 aromatic carbocycles. The van der Waals surface area contributed by atoms with Crippen molar-refractivity contribution in [3.05, 3.63) is 29.6 Å². The Morgan fingerprint density at radius 2 is 2.08 bits per heavy atom. The van der Waals surface area contributed by atoms with Crippen molar-refractivity contribution >= 4 is 12.0 Å². The number of carbonyl (C=O) groups excluding carboxylic acids is 2. The molecule has 24 heavy (non-hydrogen) atoms. The molecule has 1 N–H and O–H groups in total. The van der Waals surface area contributed by atoms with E-state index in [4.69, 9.17) is 4.74 Å². The van der Waals surface area contributed by atoms with E-state index >= 15 is 0 Å². The fourth-order valence-electron chi connectivity index (χ4n) is 3.35. The second kappa shape index (κ2) is 5.96. The van der Waals surface area contributed by atoms with E-state index in [0.717, 1.165) is 17.0 Å². The largest absolute Gasteiger partial charge is 0.444 e. The summed E-state index contributed by atoms with van der Waals surface area (Å²) in [5, 5.41) is 7.47. The molecule has 0 fully saturated rings. The lowest BCUT2D eigenvalue weighted by molar-refractivity contribution is -0.126. The van der Waals surface area contributed by atoms with Crippen LogP contribution in [0.1, 0.15) is 43.8 Å². The zero-order valence-corrected chi connectivity index (χ0v) is 14.5. The number of H-pyrrole nitrogens is 1. The van der Waals surface area contributed by atoms with Crippen LogP contribution in [0.2, 0.25) is 0 Å². The van der Waals surface area contributed by atoms with Crippen LogP contribution in [0.4, 0.5) is 4.79 Å². The number of hydrogen-bond donors (Lipinski definition) is 1. The number of rotatable bonds is 1. The molecule has 2 aliphatic heterocycles. The molecule has 130 valence electrons. The van der Waals surface area contributed by atoms with Crippen LogP contribution < -0.4 is 0 Å². The lowest BCUT2D eigenvalue weighted by Crippen LogP contribution is -2.47. The summed E-state index contributed by atoms with van der Waals surface area (Å²) >= 11 is 0. The van der Waals surface area contributed by atoms with Crippen LogP contribution in [-0.4, -0.2) is 57.2 Å². The van der Waals surface area contributed by atoms with Gasteiger partial charge in [-0.15, -0.1) is 0 Å². The maximum atomic E-state index is 12.7. The van der Waals surface area contributed by atoms with E-state index in [1.54, 1.807) is 9.80 Å². The summed E-state index contributed by atoms with van der Waals surface area (Å²) in [4.78, 5) is 28.2. The van der Waals surface area contributed by atoms with Gasteiger partial charge in [0.05, 0.1) is 11.7 Å². The van der Waals surface area contributed by atoms with E-state index in [1.807, 2.05) is 20.8 Å². The minimum atomic E-state index is -0.558. The molecule has 7 heteroatoms. The van der Waals surface area contributed by atoms with E-state index in [1.165, 1.54) is 6.08 Å².